The summed E-state index contributed by atoms with van der Waals surface area (Å²) in [5.41, 5.74) is 0.354. The van der Waals surface area contributed by atoms with E-state index in [1.165, 1.54) is 23.0 Å². The summed E-state index contributed by atoms with van der Waals surface area (Å²) in [5, 5.41) is 8.73. The van der Waals surface area contributed by atoms with Gasteiger partial charge in [0.15, 0.2) is 0 Å². The summed E-state index contributed by atoms with van der Waals surface area (Å²) in [4.78, 5) is 3.74. The second-order valence-electron chi connectivity index (χ2n) is 3.86. The minimum absolute atomic E-state index is 0.00637. The highest BCUT2D eigenvalue weighted by Crippen LogP contribution is 2.25. The van der Waals surface area contributed by atoms with Gasteiger partial charge in [0, 0.05) is 11.5 Å². The predicted molar refractivity (Wildman–Crippen MR) is 77.9 cm³/mol. The summed E-state index contributed by atoms with van der Waals surface area (Å²) >= 11 is 9.08. The molecule has 0 atom stereocenters. The van der Waals surface area contributed by atoms with Crippen molar-refractivity contribution in [3.05, 3.63) is 39.7 Å². The Morgan fingerprint density at radius 1 is 1.50 bits per heavy atom. The lowest BCUT2D eigenvalue weighted by atomic mass is 10.2. The fourth-order valence-electron chi connectivity index (χ4n) is 1.47. The van der Waals surface area contributed by atoms with E-state index in [1.807, 2.05) is 6.07 Å². The highest BCUT2D eigenvalue weighted by atomic mass is 79.9. The standard InChI is InChI=1S/C11H8BrClN4O2S/c1-17-6-15-11(10(17)13)20(18,19)16-9-3-2-8(12)4-7(9)5-14/h2-4,6,16H,1H3. The molecule has 1 heterocycles. The molecular weight excluding hydrogens is 368 g/mol. The third-order valence-electron chi connectivity index (χ3n) is 2.44. The topological polar surface area (TPSA) is 87.8 Å². The van der Waals surface area contributed by atoms with Crippen LogP contribution in [0.3, 0.4) is 0 Å². The highest BCUT2D eigenvalue weighted by molar-refractivity contribution is 9.10. The predicted octanol–water partition coefficient (Wildman–Crippen LogP) is 2.51. The van der Waals surface area contributed by atoms with Crippen molar-refractivity contribution in [2.45, 2.75) is 5.03 Å². The maximum absolute atomic E-state index is 12.2. The van der Waals surface area contributed by atoms with Gasteiger partial charge in [-0.1, -0.05) is 27.5 Å². The van der Waals surface area contributed by atoms with Crippen molar-refractivity contribution in [3.63, 3.8) is 0 Å². The lowest BCUT2D eigenvalue weighted by Gasteiger charge is -2.08. The van der Waals surface area contributed by atoms with E-state index >= 15 is 0 Å². The average Bonchev–Trinajstić information content (AvgIpc) is 2.72. The van der Waals surface area contributed by atoms with Crippen LogP contribution < -0.4 is 4.72 Å². The average molecular weight is 376 g/mol. The zero-order valence-corrected chi connectivity index (χ0v) is 13.3. The van der Waals surface area contributed by atoms with Crippen LogP contribution in [0.2, 0.25) is 5.15 Å². The van der Waals surface area contributed by atoms with Crippen molar-refractivity contribution in [3.8, 4) is 6.07 Å². The summed E-state index contributed by atoms with van der Waals surface area (Å²) in [5.74, 6) is 0. The number of nitrogens with zero attached hydrogens (tertiary/aromatic N) is 3. The first-order valence-corrected chi connectivity index (χ1v) is 7.90. The minimum Gasteiger partial charge on any atom is -0.324 e. The zero-order chi connectivity index (χ0) is 14.9. The van der Waals surface area contributed by atoms with E-state index < -0.39 is 10.0 Å². The van der Waals surface area contributed by atoms with Gasteiger partial charge in [-0.05, 0) is 18.2 Å². The molecule has 0 aliphatic heterocycles. The molecule has 0 bridgehead atoms. The lowest BCUT2D eigenvalue weighted by molar-refractivity contribution is 0.598. The van der Waals surface area contributed by atoms with Gasteiger partial charge in [-0.2, -0.15) is 13.7 Å². The molecule has 2 rings (SSSR count). The van der Waals surface area contributed by atoms with E-state index in [4.69, 9.17) is 16.9 Å². The fraction of sp³-hybridized carbons (Fsp3) is 0.0909. The van der Waals surface area contributed by atoms with E-state index in [2.05, 4.69) is 25.6 Å². The van der Waals surface area contributed by atoms with Crippen molar-refractivity contribution in [1.82, 2.24) is 9.55 Å². The number of nitrogens with one attached hydrogen (secondary N) is 1. The Hall–Kier alpha value is -1.56. The van der Waals surface area contributed by atoms with Gasteiger partial charge in [0.1, 0.15) is 11.2 Å². The molecule has 1 aromatic carbocycles. The van der Waals surface area contributed by atoms with Crippen molar-refractivity contribution in [1.29, 1.82) is 5.26 Å². The van der Waals surface area contributed by atoms with Gasteiger partial charge in [-0.25, -0.2) is 4.98 Å². The number of aryl methyl sites for hydroxylation is 1. The second kappa shape index (κ2) is 5.44. The molecule has 0 aliphatic rings. The summed E-state index contributed by atoms with van der Waals surface area (Å²) < 4.78 is 28.7. The van der Waals surface area contributed by atoms with Gasteiger partial charge >= 0.3 is 0 Å². The maximum atomic E-state index is 12.2. The number of imidazole rings is 1. The molecule has 0 spiro atoms. The molecule has 0 amide bonds. The number of nitriles is 1. The van der Waals surface area contributed by atoms with Gasteiger partial charge in [0.05, 0.1) is 17.6 Å². The van der Waals surface area contributed by atoms with Gasteiger partial charge in [-0.15, -0.1) is 0 Å². The van der Waals surface area contributed by atoms with E-state index in [0.29, 0.717) is 4.47 Å². The van der Waals surface area contributed by atoms with Gasteiger partial charge < -0.3 is 4.57 Å². The molecule has 0 aliphatic carbocycles. The molecule has 0 radical (unpaired) electrons. The quantitative estimate of drug-likeness (QED) is 0.893. The van der Waals surface area contributed by atoms with Crippen LogP contribution in [0.15, 0.2) is 34.0 Å². The molecule has 1 N–H and O–H groups in total. The number of sulfonamides is 1. The fourth-order valence-corrected chi connectivity index (χ4v) is 3.34. The van der Waals surface area contributed by atoms with Crippen molar-refractivity contribution in [2.75, 3.05) is 4.72 Å². The summed E-state index contributed by atoms with van der Waals surface area (Å²) in [6.45, 7) is 0. The number of anilines is 1. The lowest BCUT2D eigenvalue weighted by Crippen LogP contribution is -2.15. The van der Waals surface area contributed by atoms with E-state index in [1.54, 1.807) is 13.1 Å². The summed E-state index contributed by atoms with van der Waals surface area (Å²) in [6, 6.07) is 6.53. The third kappa shape index (κ3) is 2.80. The Morgan fingerprint density at radius 3 is 2.75 bits per heavy atom. The van der Waals surface area contributed by atoms with E-state index in [9.17, 15) is 8.42 Å². The maximum Gasteiger partial charge on any atom is 0.282 e. The van der Waals surface area contributed by atoms with Crippen LogP contribution in [-0.4, -0.2) is 18.0 Å². The van der Waals surface area contributed by atoms with Crippen molar-refractivity contribution < 1.29 is 8.42 Å². The van der Waals surface area contributed by atoms with Crippen LogP contribution >= 0.6 is 27.5 Å². The first-order valence-electron chi connectivity index (χ1n) is 5.24. The third-order valence-corrected chi connectivity index (χ3v) is 4.78. The van der Waals surface area contributed by atoms with Gasteiger partial charge in [0.25, 0.3) is 10.0 Å². The van der Waals surface area contributed by atoms with E-state index in [-0.39, 0.29) is 21.4 Å². The molecular formula is C11H8BrClN4O2S. The molecule has 0 saturated heterocycles. The normalized spacial score (nSPS) is 11.1. The monoisotopic (exact) mass is 374 g/mol. The first kappa shape index (κ1) is 14.8. The zero-order valence-electron chi connectivity index (χ0n) is 10.1. The number of rotatable bonds is 3. The number of hydrogen-bond donors (Lipinski definition) is 1. The molecule has 1 aromatic heterocycles. The Labute approximate surface area is 129 Å². The molecule has 0 fully saturated rings. The first-order chi connectivity index (χ1) is 9.35. The SMILES string of the molecule is Cn1cnc(S(=O)(=O)Nc2ccc(Br)cc2C#N)c1Cl. The van der Waals surface area contributed by atoms with Gasteiger partial charge in [0.2, 0.25) is 5.03 Å². The summed E-state index contributed by atoms with van der Waals surface area (Å²) in [6.07, 6.45) is 1.30. The molecule has 0 unspecified atom stereocenters. The highest BCUT2D eigenvalue weighted by Gasteiger charge is 2.23. The molecule has 0 saturated carbocycles. The largest absolute Gasteiger partial charge is 0.324 e. The van der Waals surface area contributed by atoms with Crippen LogP contribution in [0.25, 0.3) is 0 Å². The Bertz CT molecular complexity index is 810. The molecule has 104 valence electrons. The second-order valence-corrected chi connectivity index (χ2v) is 6.73. The molecule has 2 aromatic rings. The Morgan fingerprint density at radius 2 is 2.20 bits per heavy atom. The molecule has 20 heavy (non-hydrogen) atoms. The minimum atomic E-state index is -3.95. The molecule has 9 heteroatoms. The number of aromatic nitrogens is 2. The van der Waals surface area contributed by atoms with Crippen molar-refractivity contribution >= 4 is 43.2 Å². The van der Waals surface area contributed by atoms with Crippen LogP contribution in [0.4, 0.5) is 5.69 Å². The van der Waals surface area contributed by atoms with Crippen molar-refractivity contribution in [2.24, 2.45) is 7.05 Å². The Kier molecular flexibility index (Phi) is 4.04. The van der Waals surface area contributed by atoms with Crippen LogP contribution in [-0.2, 0) is 17.1 Å². The number of halogens is 2. The van der Waals surface area contributed by atoms with E-state index in [0.717, 1.165) is 0 Å². The van der Waals surface area contributed by atoms with Gasteiger partial charge in [-0.3, -0.25) is 4.72 Å². The molecule has 6 nitrogen and oxygen atoms in total. The summed E-state index contributed by atoms with van der Waals surface area (Å²) in [7, 11) is -2.37. The Balaban J connectivity index is 2.44. The number of hydrogen-bond acceptors (Lipinski definition) is 4. The number of benzene rings is 1. The van der Waals surface area contributed by atoms with Crippen LogP contribution in [0, 0.1) is 11.3 Å². The van der Waals surface area contributed by atoms with Crippen LogP contribution in [0.5, 0.6) is 0 Å². The van der Waals surface area contributed by atoms with Crippen LogP contribution in [0.1, 0.15) is 5.56 Å². The smallest absolute Gasteiger partial charge is 0.282 e.